The van der Waals surface area contributed by atoms with E-state index in [0.717, 1.165) is 49.8 Å². The number of carbonyl (C=O) groups excluding carboxylic acids is 1. The molecule has 0 bridgehead atoms. The second kappa shape index (κ2) is 8.88. The molecule has 2 atom stereocenters. The highest BCUT2D eigenvalue weighted by Crippen LogP contribution is 2.43. The number of anilines is 1. The zero-order chi connectivity index (χ0) is 22.1. The first-order valence-electron chi connectivity index (χ1n) is 11.0. The maximum atomic E-state index is 14.1. The summed E-state index contributed by atoms with van der Waals surface area (Å²) < 4.78 is 25.4. The number of likely N-dealkylation sites (N-methyl/N-ethyl adjacent to an activating group) is 1. The fourth-order valence-electron chi connectivity index (χ4n) is 4.63. The van der Waals surface area contributed by atoms with Crippen LogP contribution in [-0.2, 0) is 16.1 Å². The Labute approximate surface area is 187 Å². The predicted octanol–water partition coefficient (Wildman–Crippen LogP) is 2.47. The summed E-state index contributed by atoms with van der Waals surface area (Å²) in [6, 6.07) is 12.1. The zero-order valence-corrected chi connectivity index (χ0v) is 18.1. The van der Waals surface area contributed by atoms with Crippen LogP contribution in [0, 0.1) is 5.82 Å². The van der Waals surface area contributed by atoms with Gasteiger partial charge in [-0.2, -0.15) is 5.10 Å². The average Bonchev–Trinajstić information content (AvgIpc) is 3.10. The number of morpholine rings is 1. The molecule has 1 fully saturated rings. The molecule has 0 aliphatic carbocycles. The fraction of sp³-hybridized carbons (Fsp3) is 0.417. The van der Waals surface area contributed by atoms with Crippen molar-refractivity contribution in [2.45, 2.75) is 18.5 Å². The summed E-state index contributed by atoms with van der Waals surface area (Å²) in [6.07, 6.45) is 1.80. The molecule has 5 rings (SSSR count). The number of rotatable bonds is 6. The molecule has 0 saturated carbocycles. The molecule has 2 aromatic rings. The van der Waals surface area contributed by atoms with Crippen LogP contribution in [-0.4, -0.2) is 74.6 Å². The molecule has 7 nitrogen and oxygen atoms in total. The molecule has 3 aliphatic rings. The van der Waals surface area contributed by atoms with Crippen molar-refractivity contribution in [2.75, 3.05) is 51.4 Å². The van der Waals surface area contributed by atoms with E-state index in [2.05, 4.69) is 10.0 Å². The van der Waals surface area contributed by atoms with Crippen molar-refractivity contribution in [3.63, 3.8) is 0 Å². The van der Waals surface area contributed by atoms with E-state index < -0.39 is 6.04 Å². The summed E-state index contributed by atoms with van der Waals surface area (Å²) in [5.74, 6) is 0.200. The number of halogens is 1. The van der Waals surface area contributed by atoms with Crippen molar-refractivity contribution in [3.05, 3.63) is 59.4 Å². The van der Waals surface area contributed by atoms with Crippen LogP contribution < -0.4 is 9.64 Å². The van der Waals surface area contributed by atoms with Gasteiger partial charge in [-0.15, -0.1) is 0 Å². The molecule has 0 aromatic heterocycles. The smallest absolute Gasteiger partial charge is 0.266 e. The lowest BCUT2D eigenvalue weighted by molar-refractivity contribution is -0.134. The number of hydrazone groups is 1. The van der Waals surface area contributed by atoms with E-state index in [0.29, 0.717) is 12.2 Å². The van der Waals surface area contributed by atoms with Gasteiger partial charge in [0.05, 0.1) is 25.7 Å². The molecule has 8 heteroatoms. The molecule has 0 radical (unpaired) electrons. The number of fused-ring (bicyclic) bond motifs is 3. The van der Waals surface area contributed by atoms with E-state index >= 15 is 0 Å². The predicted molar refractivity (Wildman–Crippen MR) is 120 cm³/mol. The van der Waals surface area contributed by atoms with Gasteiger partial charge in [-0.05, 0) is 17.7 Å². The number of amides is 1. The van der Waals surface area contributed by atoms with Gasteiger partial charge >= 0.3 is 0 Å². The lowest BCUT2D eigenvalue weighted by Gasteiger charge is -2.32. The molecular weight excluding hydrogens is 411 g/mol. The number of benzene rings is 2. The van der Waals surface area contributed by atoms with E-state index in [4.69, 9.17) is 9.47 Å². The fourth-order valence-corrected chi connectivity index (χ4v) is 4.63. The van der Waals surface area contributed by atoms with Crippen molar-refractivity contribution in [1.29, 1.82) is 0 Å². The first-order valence-corrected chi connectivity index (χ1v) is 11.0. The van der Waals surface area contributed by atoms with E-state index in [1.165, 1.54) is 11.1 Å². The van der Waals surface area contributed by atoms with Crippen LogP contribution in [0.25, 0.3) is 0 Å². The van der Waals surface area contributed by atoms with Gasteiger partial charge in [0.1, 0.15) is 24.2 Å². The standard InChI is InChI=1S/C24H27FN4O3/c1-27-22-14-18(32-13-10-28-8-11-31-12-9-28)6-7-19(22)20-15-26-29(24(30)23(20)27)16-17-4-2-3-5-21(17)25/h2-7,14-15,20,23H,8-13,16H2,1H3. The third kappa shape index (κ3) is 3.96. The topological polar surface area (TPSA) is 57.6 Å². The van der Waals surface area contributed by atoms with Crippen LogP contribution in [0.1, 0.15) is 17.0 Å². The van der Waals surface area contributed by atoms with Crippen LogP contribution in [0.4, 0.5) is 10.1 Å². The third-order valence-electron chi connectivity index (χ3n) is 6.43. The van der Waals surface area contributed by atoms with Crippen LogP contribution in [0.15, 0.2) is 47.6 Å². The van der Waals surface area contributed by atoms with E-state index in [-0.39, 0.29) is 24.2 Å². The summed E-state index contributed by atoms with van der Waals surface area (Å²) in [6.45, 7) is 5.00. The largest absolute Gasteiger partial charge is 0.492 e. The van der Waals surface area contributed by atoms with E-state index in [1.54, 1.807) is 24.4 Å². The Kier molecular flexibility index (Phi) is 5.80. The highest BCUT2D eigenvalue weighted by Gasteiger charge is 2.45. The van der Waals surface area contributed by atoms with Crippen LogP contribution in [0.2, 0.25) is 0 Å². The Bertz CT molecular complexity index is 1020. The molecule has 2 unspecified atom stereocenters. The number of ether oxygens (including phenoxy) is 2. The molecule has 1 amide bonds. The van der Waals surface area contributed by atoms with E-state index in [1.807, 2.05) is 30.1 Å². The lowest BCUT2D eigenvalue weighted by Crippen LogP contribution is -2.48. The molecule has 3 heterocycles. The van der Waals surface area contributed by atoms with Crippen molar-refractivity contribution in [2.24, 2.45) is 5.10 Å². The van der Waals surface area contributed by atoms with Crippen molar-refractivity contribution >= 4 is 17.8 Å². The van der Waals surface area contributed by atoms with Gasteiger partial charge in [0.2, 0.25) is 0 Å². The zero-order valence-electron chi connectivity index (χ0n) is 18.1. The third-order valence-corrected chi connectivity index (χ3v) is 6.43. The minimum Gasteiger partial charge on any atom is -0.492 e. The molecule has 168 valence electrons. The average molecular weight is 439 g/mol. The first-order chi connectivity index (χ1) is 15.6. The molecule has 0 N–H and O–H groups in total. The minimum atomic E-state index is -0.391. The Morgan fingerprint density at radius 1 is 1.19 bits per heavy atom. The highest BCUT2D eigenvalue weighted by molar-refractivity contribution is 5.98. The summed E-state index contributed by atoms with van der Waals surface area (Å²) >= 11 is 0. The molecule has 32 heavy (non-hydrogen) atoms. The van der Waals surface area contributed by atoms with Crippen molar-refractivity contribution < 1.29 is 18.7 Å². The molecule has 0 spiro atoms. The summed E-state index contributed by atoms with van der Waals surface area (Å²) in [4.78, 5) is 17.5. The highest BCUT2D eigenvalue weighted by atomic mass is 19.1. The molecule has 1 saturated heterocycles. The maximum Gasteiger partial charge on any atom is 0.266 e. The van der Waals surface area contributed by atoms with Crippen molar-refractivity contribution in [3.8, 4) is 5.75 Å². The number of nitrogens with zero attached hydrogens (tertiary/aromatic N) is 4. The molecule has 2 aromatic carbocycles. The number of hydrogen-bond donors (Lipinski definition) is 0. The quantitative estimate of drug-likeness (QED) is 0.694. The Balaban J connectivity index is 1.27. The molecular formula is C24H27FN4O3. The summed E-state index contributed by atoms with van der Waals surface area (Å²) in [5, 5.41) is 5.73. The summed E-state index contributed by atoms with van der Waals surface area (Å²) in [5.41, 5.74) is 2.47. The van der Waals surface area contributed by atoms with Gasteiger partial charge in [0.25, 0.3) is 5.91 Å². The Morgan fingerprint density at radius 3 is 2.81 bits per heavy atom. The van der Waals surface area contributed by atoms with Crippen LogP contribution in [0.5, 0.6) is 5.75 Å². The lowest BCUT2D eigenvalue weighted by atomic mass is 9.94. The monoisotopic (exact) mass is 438 g/mol. The summed E-state index contributed by atoms with van der Waals surface area (Å²) in [7, 11) is 1.92. The molecule has 3 aliphatic heterocycles. The van der Waals surface area contributed by atoms with Crippen molar-refractivity contribution in [1.82, 2.24) is 9.91 Å². The normalized spacial score (nSPS) is 22.8. The van der Waals surface area contributed by atoms with Gasteiger partial charge in [-0.1, -0.05) is 24.3 Å². The number of carbonyl (C=O) groups is 1. The first kappa shape index (κ1) is 20.9. The number of hydrogen-bond acceptors (Lipinski definition) is 6. The van der Waals surface area contributed by atoms with Gasteiger partial charge in [-0.25, -0.2) is 9.40 Å². The van der Waals surface area contributed by atoms with Crippen LogP contribution >= 0.6 is 0 Å². The van der Waals surface area contributed by atoms with Gasteiger partial charge in [0.15, 0.2) is 0 Å². The minimum absolute atomic E-state index is 0.116. The second-order valence-electron chi connectivity index (χ2n) is 8.36. The SMILES string of the molecule is CN1c2cc(OCCN3CCOCC3)ccc2C2C=NN(Cc3ccccc3F)C(=O)C21. The van der Waals surface area contributed by atoms with E-state index in [9.17, 15) is 9.18 Å². The maximum absolute atomic E-state index is 14.1. The Morgan fingerprint density at radius 2 is 2.00 bits per heavy atom. The van der Waals surface area contributed by atoms with Gasteiger partial charge in [-0.3, -0.25) is 9.69 Å². The Hall–Kier alpha value is -2.97. The van der Waals surface area contributed by atoms with Crippen LogP contribution in [0.3, 0.4) is 0 Å². The van der Waals surface area contributed by atoms with Gasteiger partial charge in [0, 0.05) is 50.2 Å². The second-order valence-corrected chi connectivity index (χ2v) is 8.36. The van der Waals surface area contributed by atoms with Gasteiger partial charge < -0.3 is 14.4 Å².